The molecule has 0 aromatic heterocycles. The predicted octanol–water partition coefficient (Wildman–Crippen LogP) is 7.16. The first-order valence-corrected chi connectivity index (χ1v) is 12.1. The molecule has 0 aliphatic carbocycles. The van der Waals surface area contributed by atoms with Crippen LogP contribution in [0.4, 0.5) is 13.2 Å². The minimum absolute atomic E-state index is 0.0517. The molecule has 180 valence electrons. The lowest BCUT2D eigenvalue weighted by molar-refractivity contribution is -0.138. The number of benzene rings is 2. The number of halogens is 4. The fourth-order valence-corrected chi connectivity index (χ4v) is 5.89. The molecule has 9 heteroatoms. The SMILES string of the molecule is CCOC(=O)C1=C(C(C)C)N2C(=N[C@@](C)(c3ccc(Cl)cc3)[C@H]2c2ccc(C(F)(F)F)cc2)S1. The lowest BCUT2D eigenvalue weighted by Gasteiger charge is -2.37. The van der Waals surface area contributed by atoms with Crippen LogP contribution in [0, 0.1) is 5.92 Å². The predicted molar refractivity (Wildman–Crippen MR) is 128 cm³/mol. The summed E-state index contributed by atoms with van der Waals surface area (Å²) < 4.78 is 45.0. The molecule has 0 unspecified atom stereocenters. The van der Waals surface area contributed by atoms with Gasteiger partial charge in [0.25, 0.3) is 0 Å². The Morgan fingerprint density at radius 2 is 1.79 bits per heavy atom. The van der Waals surface area contributed by atoms with Crippen molar-refractivity contribution in [3.63, 3.8) is 0 Å². The van der Waals surface area contributed by atoms with Crippen LogP contribution in [0.1, 0.15) is 50.4 Å². The van der Waals surface area contributed by atoms with Gasteiger partial charge in [-0.25, -0.2) is 9.79 Å². The molecule has 0 amide bonds. The van der Waals surface area contributed by atoms with Crippen molar-refractivity contribution in [2.75, 3.05) is 6.61 Å². The third kappa shape index (κ3) is 4.22. The van der Waals surface area contributed by atoms with Crippen LogP contribution >= 0.6 is 23.4 Å². The number of thioether (sulfide) groups is 1. The maximum absolute atomic E-state index is 13.2. The van der Waals surface area contributed by atoms with E-state index >= 15 is 0 Å². The van der Waals surface area contributed by atoms with Crippen molar-refractivity contribution < 1.29 is 22.7 Å². The third-order valence-corrected chi connectivity index (χ3v) is 7.30. The number of allylic oxidation sites excluding steroid dienone is 1. The van der Waals surface area contributed by atoms with E-state index in [4.69, 9.17) is 21.3 Å². The highest BCUT2D eigenvalue weighted by molar-refractivity contribution is 8.18. The second kappa shape index (κ2) is 8.96. The number of rotatable bonds is 5. The number of hydrogen-bond donors (Lipinski definition) is 0. The number of alkyl halides is 3. The van der Waals surface area contributed by atoms with Gasteiger partial charge in [0.2, 0.25) is 0 Å². The minimum atomic E-state index is -4.43. The van der Waals surface area contributed by atoms with E-state index < -0.39 is 29.3 Å². The van der Waals surface area contributed by atoms with Crippen molar-refractivity contribution in [2.45, 2.75) is 45.5 Å². The molecule has 0 bridgehead atoms. The fraction of sp³-hybridized carbons (Fsp3) is 0.360. The summed E-state index contributed by atoms with van der Waals surface area (Å²) in [7, 11) is 0. The summed E-state index contributed by atoms with van der Waals surface area (Å²) in [5.41, 5.74) is 0.738. The lowest BCUT2D eigenvalue weighted by atomic mass is 9.81. The lowest BCUT2D eigenvalue weighted by Crippen LogP contribution is -2.36. The first kappa shape index (κ1) is 24.7. The first-order chi connectivity index (χ1) is 16.0. The van der Waals surface area contributed by atoms with Crippen LogP contribution < -0.4 is 0 Å². The van der Waals surface area contributed by atoms with Gasteiger partial charge in [0, 0.05) is 10.7 Å². The van der Waals surface area contributed by atoms with Gasteiger partial charge in [-0.1, -0.05) is 49.7 Å². The number of fused-ring (bicyclic) bond motifs is 1. The summed E-state index contributed by atoms with van der Waals surface area (Å²) in [5.74, 6) is -0.475. The number of aliphatic imine (C=N–C) groups is 1. The van der Waals surface area contributed by atoms with Crippen LogP contribution in [-0.2, 0) is 21.2 Å². The molecular weight excluding hydrogens is 485 g/mol. The van der Waals surface area contributed by atoms with E-state index in [-0.39, 0.29) is 12.5 Å². The highest BCUT2D eigenvalue weighted by Gasteiger charge is 2.53. The Labute approximate surface area is 205 Å². The van der Waals surface area contributed by atoms with Crippen LogP contribution in [0.3, 0.4) is 0 Å². The Balaban J connectivity index is 1.88. The van der Waals surface area contributed by atoms with Crippen LogP contribution in [0.25, 0.3) is 0 Å². The fourth-order valence-electron chi connectivity index (χ4n) is 4.46. The van der Waals surface area contributed by atoms with Gasteiger partial charge in [0.15, 0.2) is 5.17 Å². The van der Waals surface area contributed by atoms with Crippen molar-refractivity contribution >= 4 is 34.5 Å². The highest BCUT2D eigenvalue weighted by Crippen LogP contribution is 2.56. The largest absolute Gasteiger partial charge is 0.462 e. The van der Waals surface area contributed by atoms with Crippen LogP contribution in [0.15, 0.2) is 64.1 Å². The average molecular weight is 509 g/mol. The molecule has 2 atom stereocenters. The number of hydrogen-bond acceptors (Lipinski definition) is 5. The van der Waals surface area contributed by atoms with E-state index in [2.05, 4.69) is 0 Å². The van der Waals surface area contributed by atoms with Gasteiger partial charge in [-0.3, -0.25) is 0 Å². The summed E-state index contributed by atoms with van der Waals surface area (Å²) >= 11 is 7.35. The molecule has 0 spiro atoms. The van der Waals surface area contributed by atoms with Gasteiger partial charge in [0.05, 0.1) is 18.2 Å². The van der Waals surface area contributed by atoms with Crippen LogP contribution in [0.2, 0.25) is 5.02 Å². The molecule has 2 heterocycles. The molecule has 4 nitrogen and oxygen atoms in total. The number of amidine groups is 1. The molecule has 2 aromatic rings. The second-order valence-electron chi connectivity index (χ2n) is 8.63. The zero-order valence-corrected chi connectivity index (χ0v) is 20.7. The molecule has 34 heavy (non-hydrogen) atoms. The number of carbonyl (C=O) groups is 1. The zero-order chi connectivity index (χ0) is 24.8. The Hall–Kier alpha value is -2.45. The molecule has 2 aliphatic heterocycles. The molecule has 0 fully saturated rings. The molecule has 0 saturated carbocycles. The second-order valence-corrected chi connectivity index (χ2v) is 10.0. The third-order valence-electron chi connectivity index (χ3n) is 6.00. The maximum Gasteiger partial charge on any atom is 0.416 e. The molecule has 4 rings (SSSR count). The van der Waals surface area contributed by atoms with E-state index in [0.717, 1.165) is 23.4 Å². The number of carbonyl (C=O) groups excluding carboxylic acids is 1. The molecule has 0 radical (unpaired) electrons. The Morgan fingerprint density at radius 1 is 1.18 bits per heavy atom. The number of esters is 1. The minimum Gasteiger partial charge on any atom is -0.462 e. The Bertz CT molecular complexity index is 1160. The van der Waals surface area contributed by atoms with E-state index in [9.17, 15) is 18.0 Å². The van der Waals surface area contributed by atoms with Crippen molar-refractivity contribution in [1.29, 1.82) is 0 Å². The molecule has 0 saturated heterocycles. The molecule has 0 N–H and O–H groups in total. The summed E-state index contributed by atoms with van der Waals surface area (Å²) in [6.07, 6.45) is -4.43. The van der Waals surface area contributed by atoms with Gasteiger partial charge in [0.1, 0.15) is 10.4 Å². The van der Waals surface area contributed by atoms with E-state index in [1.54, 1.807) is 19.1 Å². The summed E-state index contributed by atoms with van der Waals surface area (Å²) in [5, 5.41) is 1.19. The van der Waals surface area contributed by atoms with E-state index in [1.807, 2.05) is 37.8 Å². The topological polar surface area (TPSA) is 41.9 Å². The summed E-state index contributed by atoms with van der Waals surface area (Å²) in [6, 6.07) is 12.0. The van der Waals surface area contributed by atoms with E-state index in [0.29, 0.717) is 20.7 Å². The first-order valence-electron chi connectivity index (χ1n) is 10.9. The quantitative estimate of drug-likeness (QED) is 0.402. The number of ether oxygens (including phenoxy) is 1. The van der Waals surface area contributed by atoms with Crippen molar-refractivity contribution in [3.05, 3.63) is 80.8 Å². The van der Waals surface area contributed by atoms with Crippen LogP contribution in [-0.4, -0.2) is 22.6 Å². The number of nitrogens with zero attached hydrogens (tertiary/aromatic N) is 2. The van der Waals surface area contributed by atoms with Crippen molar-refractivity contribution in [2.24, 2.45) is 10.9 Å². The van der Waals surface area contributed by atoms with Crippen molar-refractivity contribution in [1.82, 2.24) is 4.90 Å². The molecular formula is C25H24ClF3N2O2S. The highest BCUT2D eigenvalue weighted by atomic mass is 35.5. The maximum atomic E-state index is 13.2. The van der Waals surface area contributed by atoms with Gasteiger partial charge in [-0.15, -0.1) is 0 Å². The standard InChI is InChI=1S/C25H24ClF3N2O2S/c1-5-33-22(32)20-19(14(2)3)31-21(15-6-8-17(9-7-15)25(27,28)29)24(4,30-23(31)34-20)16-10-12-18(26)13-11-16/h6-14,21H,5H2,1-4H3/t21-,24+/m1/s1. The monoisotopic (exact) mass is 508 g/mol. The van der Waals surface area contributed by atoms with E-state index in [1.165, 1.54) is 23.9 Å². The zero-order valence-electron chi connectivity index (χ0n) is 19.1. The van der Waals surface area contributed by atoms with Gasteiger partial charge < -0.3 is 9.64 Å². The van der Waals surface area contributed by atoms with Crippen molar-refractivity contribution in [3.8, 4) is 0 Å². The Morgan fingerprint density at radius 3 is 2.32 bits per heavy atom. The average Bonchev–Trinajstić information content (AvgIpc) is 3.26. The molecule has 2 aromatic carbocycles. The van der Waals surface area contributed by atoms with Gasteiger partial charge in [-0.2, -0.15) is 13.2 Å². The normalized spacial score (nSPS) is 22.3. The Kier molecular flexibility index (Phi) is 6.50. The summed E-state index contributed by atoms with van der Waals surface area (Å²) in [6.45, 7) is 7.88. The van der Waals surface area contributed by atoms with Gasteiger partial charge >= 0.3 is 12.1 Å². The van der Waals surface area contributed by atoms with Gasteiger partial charge in [-0.05, 0) is 66.9 Å². The smallest absolute Gasteiger partial charge is 0.416 e. The molecule has 2 aliphatic rings. The van der Waals surface area contributed by atoms with Crippen LogP contribution in [0.5, 0.6) is 0 Å². The summed E-state index contributed by atoms with van der Waals surface area (Å²) in [4.78, 5) is 20.2.